The fourth-order valence-electron chi connectivity index (χ4n) is 4.44. The Morgan fingerprint density at radius 3 is 2.11 bits per heavy atom. The van der Waals surface area contributed by atoms with Gasteiger partial charge in [-0.1, -0.05) is 71.0 Å². The summed E-state index contributed by atoms with van der Waals surface area (Å²) >= 11 is 0. The normalized spacial score (nSPS) is 15.3. The number of benzene rings is 2. The first-order valence-corrected chi connectivity index (χ1v) is 12.2. The number of nitrogens with zero attached hydrogens (tertiary/aromatic N) is 1. The average Bonchev–Trinajstić information content (AvgIpc) is 2.84. The average molecular weight is 478 g/mol. The predicted octanol–water partition coefficient (Wildman–Crippen LogP) is 6.40. The number of aliphatic hydroxyl groups is 1. The Morgan fingerprint density at radius 1 is 1.03 bits per heavy atom. The Morgan fingerprint density at radius 2 is 1.60 bits per heavy atom. The molecule has 5 nitrogen and oxygen atoms in total. The maximum absolute atomic E-state index is 12.1. The first kappa shape index (κ1) is 28.3. The Hall–Kier alpha value is -2.94. The fourth-order valence-corrected chi connectivity index (χ4v) is 4.44. The largest absolute Gasteiger partial charge is 0.460 e. The molecule has 2 aromatic rings. The van der Waals surface area contributed by atoms with Gasteiger partial charge in [-0.2, -0.15) is 5.26 Å². The van der Waals surface area contributed by atoms with Crippen LogP contribution in [0.15, 0.2) is 54.6 Å². The van der Waals surface area contributed by atoms with E-state index < -0.39 is 12.1 Å². The minimum absolute atomic E-state index is 0.0556. The van der Waals surface area contributed by atoms with E-state index in [0.29, 0.717) is 12.0 Å². The van der Waals surface area contributed by atoms with Crippen LogP contribution in [0.5, 0.6) is 0 Å². The summed E-state index contributed by atoms with van der Waals surface area (Å²) in [7, 11) is 0. The molecule has 5 heteroatoms. The number of aliphatic hydroxyl groups excluding tert-OH is 1. The van der Waals surface area contributed by atoms with Crippen molar-refractivity contribution >= 4 is 12.0 Å². The molecule has 0 aliphatic heterocycles. The lowest BCUT2D eigenvalue weighted by Gasteiger charge is -2.43. The van der Waals surface area contributed by atoms with E-state index in [0.717, 1.165) is 23.1 Å². The van der Waals surface area contributed by atoms with Crippen LogP contribution in [0.3, 0.4) is 0 Å². The summed E-state index contributed by atoms with van der Waals surface area (Å²) in [6, 6.07) is 17.3. The van der Waals surface area contributed by atoms with Crippen molar-refractivity contribution < 1.29 is 19.4 Å². The molecule has 3 unspecified atom stereocenters. The molecule has 0 bridgehead atoms. The molecule has 0 fully saturated rings. The Labute approximate surface area is 210 Å². The fraction of sp³-hybridized carbons (Fsp3) is 0.467. The number of rotatable bonds is 11. The minimum Gasteiger partial charge on any atom is -0.460 e. The van der Waals surface area contributed by atoms with Crippen LogP contribution >= 0.6 is 0 Å². The van der Waals surface area contributed by atoms with E-state index in [1.807, 2.05) is 50.2 Å². The van der Waals surface area contributed by atoms with Crippen molar-refractivity contribution in [3.63, 3.8) is 0 Å². The van der Waals surface area contributed by atoms with E-state index in [2.05, 4.69) is 33.8 Å². The molecular formula is C30H39NO4. The van der Waals surface area contributed by atoms with Gasteiger partial charge in [-0.3, -0.25) is 0 Å². The SMILES string of the molecule is CCC(O)C(C)(CC(C)(C)C)C(C)OCCOC(=O)C=Cc1ccc(-c2ccc(C#N)cc2)cc1. The number of ether oxygens (including phenoxy) is 2. The molecular weight excluding hydrogens is 438 g/mol. The van der Waals surface area contributed by atoms with Crippen LogP contribution in [-0.2, 0) is 14.3 Å². The van der Waals surface area contributed by atoms with Gasteiger partial charge in [-0.25, -0.2) is 4.79 Å². The number of nitriles is 1. The van der Waals surface area contributed by atoms with Gasteiger partial charge >= 0.3 is 5.97 Å². The minimum atomic E-state index is -0.467. The number of carbonyl (C=O) groups is 1. The van der Waals surface area contributed by atoms with Crippen LogP contribution in [0.2, 0.25) is 0 Å². The van der Waals surface area contributed by atoms with Gasteiger partial charge in [-0.05, 0) is 60.1 Å². The number of esters is 1. The third kappa shape index (κ3) is 8.65. The van der Waals surface area contributed by atoms with Crippen molar-refractivity contribution in [2.24, 2.45) is 10.8 Å². The van der Waals surface area contributed by atoms with Crippen LogP contribution < -0.4 is 0 Å². The summed E-state index contributed by atoms with van der Waals surface area (Å²) in [5.74, 6) is -0.427. The first-order chi connectivity index (χ1) is 16.5. The van der Waals surface area contributed by atoms with Gasteiger partial charge in [0.1, 0.15) is 6.61 Å². The molecule has 0 heterocycles. The predicted molar refractivity (Wildman–Crippen MR) is 140 cm³/mol. The molecule has 2 aromatic carbocycles. The Bertz CT molecular complexity index is 1010. The molecule has 1 N–H and O–H groups in total. The van der Waals surface area contributed by atoms with Crippen molar-refractivity contribution in [3.8, 4) is 17.2 Å². The molecule has 0 saturated carbocycles. The molecule has 0 aromatic heterocycles. The summed E-state index contributed by atoms with van der Waals surface area (Å²) < 4.78 is 11.3. The van der Waals surface area contributed by atoms with Crippen molar-refractivity contribution in [2.45, 2.75) is 66.6 Å². The van der Waals surface area contributed by atoms with Gasteiger partial charge in [-0.15, -0.1) is 0 Å². The second-order valence-electron chi connectivity index (χ2n) is 10.5. The number of hydrogen-bond acceptors (Lipinski definition) is 5. The third-order valence-electron chi connectivity index (χ3n) is 6.35. The number of hydrogen-bond donors (Lipinski definition) is 1. The van der Waals surface area contributed by atoms with E-state index >= 15 is 0 Å². The molecule has 0 aliphatic rings. The second kappa shape index (κ2) is 12.7. The smallest absolute Gasteiger partial charge is 0.330 e. The zero-order valence-electron chi connectivity index (χ0n) is 21.9. The van der Waals surface area contributed by atoms with E-state index in [1.165, 1.54) is 6.08 Å². The van der Waals surface area contributed by atoms with Gasteiger partial charge in [0.25, 0.3) is 0 Å². The van der Waals surface area contributed by atoms with Gasteiger partial charge in [0.2, 0.25) is 0 Å². The maximum Gasteiger partial charge on any atom is 0.330 e. The molecule has 0 aliphatic carbocycles. The highest BCUT2D eigenvalue weighted by molar-refractivity contribution is 5.87. The molecule has 188 valence electrons. The molecule has 0 amide bonds. The monoisotopic (exact) mass is 477 g/mol. The first-order valence-electron chi connectivity index (χ1n) is 12.2. The van der Waals surface area contributed by atoms with Crippen LogP contribution in [0, 0.1) is 22.2 Å². The highest BCUT2D eigenvalue weighted by Gasteiger charge is 2.41. The van der Waals surface area contributed by atoms with Gasteiger partial charge < -0.3 is 14.6 Å². The standard InChI is InChI=1S/C30H39NO4/c1-7-27(32)30(6,21-29(3,4)5)22(2)34-18-19-35-28(33)17-12-23-8-13-25(14-9-23)26-15-10-24(20-31)11-16-26/h8-17,22,27,32H,7,18-19,21H2,1-6H3. The summed E-state index contributed by atoms with van der Waals surface area (Å²) in [5.41, 5.74) is 3.24. The number of carbonyl (C=O) groups excluding carboxylic acids is 1. The molecule has 2 rings (SSSR count). The summed E-state index contributed by atoms with van der Waals surface area (Å²) in [4.78, 5) is 12.1. The van der Waals surface area contributed by atoms with Gasteiger partial charge in [0.05, 0.1) is 30.4 Å². The lowest BCUT2D eigenvalue weighted by atomic mass is 9.68. The van der Waals surface area contributed by atoms with E-state index in [4.69, 9.17) is 14.7 Å². The Balaban J connectivity index is 1.84. The quantitative estimate of drug-likeness (QED) is 0.230. The zero-order valence-corrected chi connectivity index (χ0v) is 21.9. The lowest BCUT2D eigenvalue weighted by molar-refractivity contribution is -0.143. The van der Waals surface area contributed by atoms with Crippen molar-refractivity contribution in [1.82, 2.24) is 0 Å². The highest BCUT2D eigenvalue weighted by atomic mass is 16.6. The zero-order chi connectivity index (χ0) is 26.1. The highest BCUT2D eigenvalue weighted by Crippen LogP contribution is 2.41. The summed E-state index contributed by atoms with van der Waals surface area (Å²) in [6.07, 6.45) is 3.96. The summed E-state index contributed by atoms with van der Waals surface area (Å²) in [6.45, 7) is 12.9. The molecule has 3 atom stereocenters. The van der Waals surface area contributed by atoms with E-state index in [-0.39, 0.29) is 30.1 Å². The lowest BCUT2D eigenvalue weighted by Crippen LogP contribution is -2.45. The molecule has 0 saturated heterocycles. The topological polar surface area (TPSA) is 79.5 Å². The van der Waals surface area contributed by atoms with Crippen LogP contribution in [0.25, 0.3) is 17.2 Å². The molecule has 0 spiro atoms. The third-order valence-corrected chi connectivity index (χ3v) is 6.35. The van der Waals surface area contributed by atoms with Crippen LogP contribution in [-0.4, -0.2) is 36.5 Å². The van der Waals surface area contributed by atoms with Crippen molar-refractivity contribution in [1.29, 1.82) is 5.26 Å². The van der Waals surface area contributed by atoms with E-state index in [9.17, 15) is 9.90 Å². The second-order valence-corrected chi connectivity index (χ2v) is 10.5. The van der Waals surface area contributed by atoms with Crippen molar-refractivity contribution in [2.75, 3.05) is 13.2 Å². The Kier molecular flexibility index (Phi) is 10.2. The molecule has 0 radical (unpaired) electrons. The molecule has 35 heavy (non-hydrogen) atoms. The van der Waals surface area contributed by atoms with Gasteiger partial charge in [0.15, 0.2) is 0 Å². The van der Waals surface area contributed by atoms with Gasteiger partial charge in [0, 0.05) is 11.5 Å². The van der Waals surface area contributed by atoms with Crippen LogP contribution in [0.1, 0.15) is 65.5 Å². The van der Waals surface area contributed by atoms with E-state index in [1.54, 1.807) is 18.2 Å². The maximum atomic E-state index is 12.1. The van der Waals surface area contributed by atoms with Crippen LogP contribution in [0.4, 0.5) is 0 Å². The van der Waals surface area contributed by atoms with Crippen molar-refractivity contribution in [3.05, 3.63) is 65.7 Å². The summed E-state index contributed by atoms with van der Waals surface area (Å²) in [5, 5.41) is 19.6.